The molecule has 1 fully saturated rings. The minimum atomic E-state index is -0.945. The lowest BCUT2D eigenvalue weighted by atomic mass is 9.94. The lowest BCUT2D eigenvalue weighted by molar-refractivity contribution is -0.139. The van der Waals surface area contributed by atoms with E-state index < -0.39 is 11.5 Å². The van der Waals surface area contributed by atoms with Crippen molar-refractivity contribution in [3.05, 3.63) is 29.3 Å². The Bertz CT molecular complexity index is 531. The fraction of sp³-hybridized carbons (Fsp3) is 0.429. The molecule has 1 aliphatic rings. The molecule has 1 heterocycles. The van der Waals surface area contributed by atoms with Gasteiger partial charge in [-0.3, -0.25) is 9.59 Å². The number of amides is 1. The normalized spacial score (nSPS) is 21.2. The molecule has 1 atom stereocenters. The van der Waals surface area contributed by atoms with Gasteiger partial charge in [0.05, 0.1) is 29.3 Å². The number of thioether (sulfide) groups is 1. The predicted molar refractivity (Wildman–Crippen MR) is 80.7 cm³/mol. The molecule has 1 saturated heterocycles. The quantitative estimate of drug-likeness (QED) is 0.782. The summed E-state index contributed by atoms with van der Waals surface area (Å²) in [6.07, 6.45) is 0.386. The SMILES string of the molecule is O=C(O)CC1(NC(=O)CSc2ccccc2Cl)CCOC1. The minimum Gasteiger partial charge on any atom is -0.481 e. The van der Waals surface area contributed by atoms with E-state index in [4.69, 9.17) is 21.4 Å². The molecule has 0 bridgehead atoms. The molecule has 5 nitrogen and oxygen atoms in total. The number of carboxylic acids is 1. The Balaban J connectivity index is 1.91. The van der Waals surface area contributed by atoms with Crippen LogP contribution in [0.5, 0.6) is 0 Å². The average Bonchev–Trinajstić information content (AvgIpc) is 2.85. The van der Waals surface area contributed by atoms with Gasteiger partial charge in [0, 0.05) is 11.5 Å². The number of carbonyl (C=O) groups is 2. The summed E-state index contributed by atoms with van der Waals surface area (Å²) in [4.78, 5) is 23.8. The van der Waals surface area contributed by atoms with E-state index in [-0.39, 0.29) is 24.7 Å². The van der Waals surface area contributed by atoms with E-state index in [0.29, 0.717) is 18.1 Å². The molecule has 1 amide bonds. The largest absolute Gasteiger partial charge is 0.481 e. The number of halogens is 1. The summed E-state index contributed by atoms with van der Waals surface area (Å²) in [5.41, 5.74) is -0.788. The maximum atomic E-state index is 12.0. The average molecular weight is 330 g/mol. The summed E-state index contributed by atoms with van der Waals surface area (Å²) in [5, 5.41) is 12.4. The Labute approximate surface area is 132 Å². The first-order valence-electron chi connectivity index (χ1n) is 6.49. The number of ether oxygens (including phenoxy) is 1. The highest BCUT2D eigenvalue weighted by Crippen LogP contribution is 2.27. The molecule has 0 aliphatic carbocycles. The number of rotatable bonds is 6. The Morgan fingerprint density at radius 3 is 2.81 bits per heavy atom. The third kappa shape index (κ3) is 4.62. The summed E-state index contributed by atoms with van der Waals surface area (Å²) >= 11 is 7.35. The van der Waals surface area contributed by atoms with Crippen LogP contribution in [0.25, 0.3) is 0 Å². The van der Waals surface area contributed by atoms with E-state index in [0.717, 1.165) is 4.90 Å². The Kier molecular flexibility index (Phi) is 5.50. The highest BCUT2D eigenvalue weighted by atomic mass is 35.5. The Morgan fingerprint density at radius 2 is 2.19 bits per heavy atom. The van der Waals surface area contributed by atoms with Crippen LogP contribution in [0, 0.1) is 0 Å². The molecular weight excluding hydrogens is 314 g/mol. The highest BCUT2D eigenvalue weighted by Gasteiger charge is 2.38. The highest BCUT2D eigenvalue weighted by molar-refractivity contribution is 8.00. The molecule has 21 heavy (non-hydrogen) atoms. The van der Waals surface area contributed by atoms with E-state index in [1.807, 2.05) is 18.2 Å². The number of carboxylic acid groups (broad SMARTS) is 1. The minimum absolute atomic E-state index is 0.129. The van der Waals surface area contributed by atoms with E-state index in [9.17, 15) is 9.59 Å². The first-order valence-corrected chi connectivity index (χ1v) is 7.85. The van der Waals surface area contributed by atoms with Gasteiger partial charge >= 0.3 is 5.97 Å². The van der Waals surface area contributed by atoms with Crippen LogP contribution in [0.2, 0.25) is 5.02 Å². The molecule has 0 spiro atoms. The molecule has 1 aromatic carbocycles. The van der Waals surface area contributed by atoms with Gasteiger partial charge in [0.1, 0.15) is 0 Å². The number of carbonyl (C=O) groups excluding carboxylic acids is 1. The second-order valence-corrected chi connectivity index (χ2v) is 6.35. The summed E-state index contributed by atoms with van der Waals surface area (Å²) in [5.74, 6) is -0.975. The van der Waals surface area contributed by atoms with Crippen molar-refractivity contribution in [2.24, 2.45) is 0 Å². The van der Waals surface area contributed by atoms with Crippen molar-refractivity contribution in [3.8, 4) is 0 Å². The van der Waals surface area contributed by atoms with Crippen molar-refractivity contribution in [2.45, 2.75) is 23.3 Å². The van der Waals surface area contributed by atoms with Crippen molar-refractivity contribution in [1.82, 2.24) is 5.32 Å². The standard InChI is InChI=1S/C14H16ClNO4S/c15-10-3-1-2-4-11(10)21-8-12(17)16-14(7-13(18)19)5-6-20-9-14/h1-4H,5-9H2,(H,16,17)(H,18,19). The lowest BCUT2D eigenvalue weighted by Crippen LogP contribution is -2.51. The first kappa shape index (κ1) is 16.1. The van der Waals surface area contributed by atoms with Crippen molar-refractivity contribution in [1.29, 1.82) is 0 Å². The molecule has 1 unspecified atom stereocenters. The maximum Gasteiger partial charge on any atom is 0.305 e. The Morgan fingerprint density at radius 1 is 1.43 bits per heavy atom. The van der Waals surface area contributed by atoms with Gasteiger partial charge in [-0.25, -0.2) is 0 Å². The van der Waals surface area contributed by atoms with Crippen LogP contribution in [0.15, 0.2) is 29.2 Å². The summed E-state index contributed by atoms with van der Waals surface area (Å²) < 4.78 is 5.24. The Hall–Kier alpha value is -1.24. The molecule has 114 valence electrons. The van der Waals surface area contributed by atoms with E-state index in [1.165, 1.54) is 11.8 Å². The van der Waals surface area contributed by atoms with E-state index >= 15 is 0 Å². The van der Waals surface area contributed by atoms with Crippen LogP contribution < -0.4 is 5.32 Å². The van der Waals surface area contributed by atoms with Crippen LogP contribution in [-0.4, -0.2) is 41.5 Å². The van der Waals surface area contributed by atoms with Gasteiger partial charge < -0.3 is 15.2 Å². The second-order valence-electron chi connectivity index (χ2n) is 4.92. The van der Waals surface area contributed by atoms with Gasteiger partial charge in [-0.1, -0.05) is 23.7 Å². The van der Waals surface area contributed by atoms with Crippen LogP contribution in [0.4, 0.5) is 0 Å². The summed E-state index contributed by atoms with van der Waals surface area (Å²) in [6.45, 7) is 0.701. The zero-order valence-electron chi connectivity index (χ0n) is 11.3. The van der Waals surface area contributed by atoms with Crippen LogP contribution in [0.1, 0.15) is 12.8 Å². The third-order valence-corrected chi connectivity index (χ3v) is 4.71. The van der Waals surface area contributed by atoms with Crippen LogP contribution in [0.3, 0.4) is 0 Å². The second kappa shape index (κ2) is 7.15. The van der Waals surface area contributed by atoms with E-state index in [1.54, 1.807) is 6.07 Å². The summed E-state index contributed by atoms with van der Waals surface area (Å²) in [6, 6.07) is 7.28. The topological polar surface area (TPSA) is 75.6 Å². The molecule has 7 heteroatoms. The fourth-order valence-electron chi connectivity index (χ4n) is 2.22. The third-order valence-electron chi connectivity index (χ3n) is 3.19. The number of benzene rings is 1. The van der Waals surface area contributed by atoms with Crippen molar-refractivity contribution in [3.63, 3.8) is 0 Å². The van der Waals surface area contributed by atoms with Crippen molar-refractivity contribution < 1.29 is 19.4 Å². The molecule has 2 N–H and O–H groups in total. The number of hydrogen-bond acceptors (Lipinski definition) is 4. The maximum absolute atomic E-state index is 12.0. The predicted octanol–water partition coefficient (Wildman–Crippen LogP) is 2.18. The van der Waals surface area contributed by atoms with Crippen molar-refractivity contribution >= 4 is 35.2 Å². The van der Waals surface area contributed by atoms with Gasteiger partial charge in [-0.05, 0) is 18.6 Å². The zero-order chi connectivity index (χ0) is 15.3. The molecule has 2 rings (SSSR count). The number of hydrogen-bond donors (Lipinski definition) is 2. The van der Waals surface area contributed by atoms with Crippen LogP contribution in [-0.2, 0) is 14.3 Å². The van der Waals surface area contributed by atoms with Gasteiger partial charge in [0.25, 0.3) is 0 Å². The zero-order valence-corrected chi connectivity index (χ0v) is 12.9. The van der Waals surface area contributed by atoms with Gasteiger partial charge in [-0.15, -0.1) is 11.8 Å². The number of aliphatic carboxylic acids is 1. The molecule has 0 saturated carbocycles. The molecular formula is C14H16ClNO4S. The fourth-order valence-corrected chi connectivity index (χ4v) is 3.25. The summed E-state index contributed by atoms with van der Waals surface area (Å²) in [7, 11) is 0. The smallest absolute Gasteiger partial charge is 0.305 e. The monoisotopic (exact) mass is 329 g/mol. The molecule has 0 radical (unpaired) electrons. The van der Waals surface area contributed by atoms with Gasteiger partial charge in [-0.2, -0.15) is 0 Å². The van der Waals surface area contributed by atoms with Crippen LogP contribution >= 0.6 is 23.4 Å². The van der Waals surface area contributed by atoms with Gasteiger partial charge in [0.15, 0.2) is 0 Å². The van der Waals surface area contributed by atoms with Gasteiger partial charge in [0.2, 0.25) is 5.91 Å². The molecule has 1 aromatic rings. The lowest BCUT2D eigenvalue weighted by Gasteiger charge is -2.26. The molecule has 0 aromatic heterocycles. The van der Waals surface area contributed by atoms with E-state index in [2.05, 4.69) is 5.32 Å². The first-order chi connectivity index (χ1) is 10.0. The van der Waals surface area contributed by atoms with Crippen molar-refractivity contribution in [2.75, 3.05) is 19.0 Å². The number of nitrogens with one attached hydrogen (secondary N) is 1. The molecule has 1 aliphatic heterocycles.